The van der Waals surface area contributed by atoms with E-state index in [4.69, 9.17) is 23.7 Å². The molecule has 8 nitrogen and oxygen atoms in total. The second kappa shape index (κ2) is 13.5. The highest BCUT2D eigenvalue weighted by atomic mass is 16.7. The lowest BCUT2D eigenvalue weighted by Gasteiger charge is -2.39. The zero-order valence-electron chi connectivity index (χ0n) is 22.0. The first-order chi connectivity index (χ1) is 20.1. The van der Waals surface area contributed by atoms with Gasteiger partial charge in [0.1, 0.15) is 12.7 Å². The van der Waals surface area contributed by atoms with Crippen molar-refractivity contribution < 1.29 is 38.1 Å². The van der Waals surface area contributed by atoms with Crippen molar-refractivity contribution in [1.82, 2.24) is 0 Å². The van der Waals surface area contributed by atoms with E-state index >= 15 is 0 Å². The zero-order chi connectivity index (χ0) is 28.4. The topological polar surface area (TPSA) is 97.4 Å². The fourth-order valence-electron chi connectivity index (χ4n) is 4.33. The molecule has 0 amide bonds. The first-order valence-electron chi connectivity index (χ1n) is 13.1. The maximum Gasteiger partial charge on any atom is 0.338 e. The Balaban J connectivity index is 1.43. The SMILES string of the molecule is O=C(OC[C@H](OC(=O)c1ccccc1)[C@@H]1O[C@H](c2ccccc2)OC[C@H]1OC(=O)c1ccccc1)c1ccccc1. The van der Waals surface area contributed by atoms with Gasteiger partial charge in [0, 0.05) is 5.56 Å². The quantitative estimate of drug-likeness (QED) is 0.201. The van der Waals surface area contributed by atoms with Crippen LogP contribution in [0.1, 0.15) is 42.9 Å². The molecule has 1 saturated heterocycles. The molecule has 0 aromatic heterocycles. The standard InChI is InChI=1S/C33H28O8/c34-30(23-13-5-1-6-14-23)37-21-27(39-31(35)24-15-7-2-8-16-24)29-28(40-32(36)25-17-9-3-10-18-25)22-38-33(41-29)26-19-11-4-12-20-26/h1-20,27-29,33H,21-22H2/t27-,28+,29-,33+/m0/s1. The largest absolute Gasteiger partial charge is 0.458 e. The normalized spacial score (nSPS) is 19.0. The molecule has 1 fully saturated rings. The predicted octanol–water partition coefficient (Wildman–Crippen LogP) is 5.41. The minimum Gasteiger partial charge on any atom is -0.458 e. The van der Waals surface area contributed by atoms with Gasteiger partial charge >= 0.3 is 17.9 Å². The van der Waals surface area contributed by atoms with Crippen molar-refractivity contribution in [3.05, 3.63) is 144 Å². The summed E-state index contributed by atoms with van der Waals surface area (Å²) < 4.78 is 29.5. The van der Waals surface area contributed by atoms with Gasteiger partial charge in [0.25, 0.3) is 0 Å². The first-order valence-corrected chi connectivity index (χ1v) is 13.1. The summed E-state index contributed by atoms with van der Waals surface area (Å²) in [5.74, 6) is -1.85. The van der Waals surface area contributed by atoms with Crippen LogP contribution in [0.2, 0.25) is 0 Å². The minimum absolute atomic E-state index is 0.0468. The molecule has 0 N–H and O–H groups in total. The Labute approximate surface area is 237 Å². The summed E-state index contributed by atoms with van der Waals surface area (Å²) in [6, 6.07) is 34.6. The third kappa shape index (κ3) is 7.25. The summed E-state index contributed by atoms with van der Waals surface area (Å²) >= 11 is 0. The molecule has 0 saturated carbocycles. The highest BCUT2D eigenvalue weighted by Gasteiger charge is 2.43. The fourth-order valence-corrected chi connectivity index (χ4v) is 4.33. The maximum atomic E-state index is 13.2. The van der Waals surface area contributed by atoms with Crippen LogP contribution in [0, 0.1) is 0 Å². The molecule has 41 heavy (non-hydrogen) atoms. The third-order valence-electron chi connectivity index (χ3n) is 6.42. The van der Waals surface area contributed by atoms with Gasteiger partial charge in [-0.25, -0.2) is 14.4 Å². The van der Waals surface area contributed by atoms with Gasteiger partial charge in [0.15, 0.2) is 18.5 Å². The molecular weight excluding hydrogens is 524 g/mol. The Kier molecular flexibility index (Phi) is 9.15. The number of hydrogen-bond acceptors (Lipinski definition) is 8. The van der Waals surface area contributed by atoms with E-state index < -0.39 is 42.5 Å². The summed E-state index contributed by atoms with van der Waals surface area (Å²) in [6.45, 7) is -0.396. The lowest BCUT2D eigenvalue weighted by molar-refractivity contribution is -0.276. The van der Waals surface area contributed by atoms with Crippen molar-refractivity contribution in [2.24, 2.45) is 0 Å². The average molecular weight is 553 g/mol. The van der Waals surface area contributed by atoms with Crippen LogP contribution in [0.5, 0.6) is 0 Å². The smallest absolute Gasteiger partial charge is 0.338 e. The van der Waals surface area contributed by atoms with Gasteiger partial charge in [-0.1, -0.05) is 84.9 Å². The van der Waals surface area contributed by atoms with Gasteiger partial charge in [-0.15, -0.1) is 0 Å². The molecule has 4 aromatic carbocycles. The van der Waals surface area contributed by atoms with E-state index in [1.165, 1.54) is 0 Å². The Morgan fingerprint density at radius 2 is 1.15 bits per heavy atom. The highest BCUT2D eigenvalue weighted by Crippen LogP contribution is 2.31. The molecule has 1 heterocycles. The molecule has 1 aliphatic heterocycles. The summed E-state index contributed by atoms with van der Waals surface area (Å²) in [6.07, 6.45) is -3.99. The molecule has 1 aliphatic rings. The van der Waals surface area contributed by atoms with Crippen LogP contribution in [0.3, 0.4) is 0 Å². The molecule has 4 atom stereocenters. The van der Waals surface area contributed by atoms with E-state index in [0.717, 1.165) is 5.56 Å². The Bertz CT molecular complexity index is 1430. The molecule has 0 aliphatic carbocycles. The van der Waals surface area contributed by atoms with Crippen molar-refractivity contribution in [3.63, 3.8) is 0 Å². The van der Waals surface area contributed by atoms with Crippen molar-refractivity contribution >= 4 is 17.9 Å². The van der Waals surface area contributed by atoms with Crippen molar-refractivity contribution in [3.8, 4) is 0 Å². The van der Waals surface area contributed by atoms with E-state index in [1.807, 2.05) is 30.3 Å². The number of benzene rings is 4. The van der Waals surface area contributed by atoms with Gasteiger partial charge in [-0.05, 0) is 36.4 Å². The van der Waals surface area contributed by atoms with Crippen LogP contribution in [-0.2, 0) is 23.7 Å². The molecule has 0 bridgehead atoms. The van der Waals surface area contributed by atoms with E-state index in [0.29, 0.717) is 16.7 Å². The van der Waals surface area contributed by atoms with E-state index in [2.05, 4.69) is 0 Å². The Morgan fingerprint density at radius 3 is 1.71 bits per heavy atom. The number of carbonyl (C=O) groups is 3. The number of carbonyl (C=O) groups excluding carboxylic acids is 3. The lowest BCUT2D eigenvalue weighted by atomic mass is 10.1. The Morgan fingerprint density at radius 1 is 0.659 bits per heavy atom. The van der Waals surface area contributed by atoms with Gasteiger partial charge in [-0.3, -0.25) is 0 Å². The molecule has 5 rings (SSSR count). The number of ether oxygens (including phenoxy) is 5. The molecule has 0 spiro atoms. The predicted molar refractivity (Wildman–Crippen MR) is 148 cm³/mol. The second-order valence-electron chi connectivity index (χ2n) is 9.26. The van der Waals surface area contributed by atoms with E-state index in [9.17, 15) is 14.4 Å². The van der Waals surface area contributed by atoms with Crippen LogP contribution in [0.4, 0.5) is 0 Å². The van der Waals surface area contributed by atoms with E-state index in [-0.39, 0.29) is 13.2 Å². The van der Waals surface area contributed by atoms with E-state index in [1.54, 1.807) is 91.0 Å². The van der Waals surface area contributed by atoms with Gasteiger partial charge < -0.3 is 23.7 Å². The molecule has 0 radical (unpaired) electrons. The number of esters is 3. The highest BCUT2D eigenvalue weighted by molar-refractivity contribution is 5.90. The average Bonchev–Trinajstić information content (AvgIpc) is 3.04. The van der Waals surface area contributed by atoms with Crippen molar-refractivity contribution in [2.45, 2.75) is 24.6 Å². The minimum atomic E-state index is -1.14. The van der Waals surface area contributed by atoms with Gasteiger partial charge in [0.2, 0.25) is 0 Å². The van der Waals surface area contributed by atoms with Crippen LogP contribution in [-0.4, -0.2) is 49.4 Å². The number of rotatable bonds is 9. The maximum absolute atomic E-state index is 13.2. The molecule has 8 heteroatoms. The summed E-state index contributed by atoms with van der Waals surface area (Å²) in [4.78, 5) is 39.0. The summed E-state index contributed by atoms with van der Waals surface area (Å²) in [5, 5.41) is 0. The van der Waals surface area contributed by atoms with Crippen molar-refractivity contribution in [1.29, 1.82) is 0 Å². The fraction of sp³-hybridized carbons (Fsp3) is 0.182. The second-order valence-corrected chi connectivity index (χ2v) is 9.26. The van der Waals surface area contributed by atoms with Gasteiger partial charge in [-0.2, -0.15) is 0 Å². The first kappa shape index (κ1) is 27.8. The Hall–Kier alpha value is -4.79. The molecular formula is C33H28O8. The van der Waals surface area contributed by atoms with Crippen LogP contribution in [0.15, 0.2) is 121 Å². The summed E-state index contributed by atoms with van der Waals surface area (Å²) in [7, 11) is 0. The summed E-state index contributed by atoms with van der Waals surface area (Å²) in [5.41, 5.74) is 1.70. The van der Waals surface area contributed by atoms with Crippen LogP contribution >= 0.6 is 0 Å². The third-order valence-corrected chi connectivity index (χ3v) is 6.42. The van der Waals surface area contributed by atoms with Crippen LogP contribution < -0.4 is 0 Å². The monoisotopic (exact) mass is 552 g/mol. The van der Waals surface area contributed by atoms with Crippen molar-refractivity contribution in [2.75, 3.05) is 13.2 Å². The molecule has 4 aromatic rings. The molecule has 0 unspecified atom stereocenters. The van der Waals surface area contributed by atoms with Gasteiger partial charge in [0.05, 0.1) is 23.3 Å². The lowest BCUT2D eigenvalue weighted by Crippen LogP contribution is -2.52. The number of hydrogen-bond donors (Lipinski definition) is 0. The zero-order valence-corrected chi connectivity index (χ0v) is 22.0. The molecule has 208 valence electrons. The van der Waals surface area contributed by atoms with Crippen LogP contribution in [0.25, 0.3) is 0 Å².